The van der Waals surface area contributed by atoms with Gasteiger partial charge in [0.05, 0.1) is 5.56 Å². The highest BCUT2D eigenvalue weighted by Crippen LogP contribution is 2.47. The number of rotatable bonds is 5. The van der Waals surface area contributed by atoms with Gasteiger partial charge in [-0.1, -0.05) is 31.7 Å². The number of hydrogen-bond acceptors (Lipinski definition) is 4. The number of anilines is 2. The number of hydrogen-bond donors (Lipinski definition) is 1. The van der Waals surface area contributed by atoms with Crippen molar-refractivity contribution in [2.45, 2.75) is 80.9 Å². The first-order valence-electron chi connectivity index (χ1n) is 13.0. The van der Waals surface area contributed by atoms with Crippen LogP contribution >= 0.6 is 11.8 Å². The number of benzene rings is 2. The van der Waals surface area contributed by atoms with Gasteiger partial charge < -0.3 is 15.1 Å². The lowest BCUT2D eigenvalue weighted by Gasteiger charge is -2.34. The summed E-state index contributed by atoms with van der Waals surface area (Å²) in [5.74, 6) is 0.649. The Morgan fingerprint density at radius 1 is 1.00 bits per heavy atom. The molecule has 2 unspecified atom stereocenters. The van der Waals surface area contributed by atoms with Crippen LogP contribution < -0.4 is 10.2 Å². The Morgan fingerprint density at radius 3 is 2.43 bits per heavy atom. The molecule has 3 nitrogen and oxygen atoms in total. The molecule has 0 aliphatic carbocycles. The van der Waals surface area contributed by atoms with Crippen LogP contribution in [-0.4, -0.2) is 43.2 Å². The summed E-state index contributed by atoms with van der Waals surface area (Å²) in [4.78, 5) is 6.70. The van der Waals surface area contributed by atoms with E-state index >= 15 is 0 Å². The maximum absolute atomic E-state index is 13.8. The van der Waals surface area contributed by atoms with E-state index in [0.29, 0.717) is 24.1 Å². The molecule has 1 N–H and O–H groups in total. The quantitative estimate of drug-likeness (QED) is 0.394. The SMILES string of the molecule is CCCN1CCC(Nc2cc(C(F)(F)F)cc3c2Cc2ccc(N4CCC(C)C4C)cc2S3)CC1. The Morgan fingerprint density at radius 2 is 1.77 bits per heavy atom. The first kappa shape index (κ1) is 24.8. The van der Waals surface area contributed by atoms with Crippen LogP contribution in [0.1, 0.15) is 63.1 Å². The molecule has 2 fully saturated rings. The summed E-state index contributed by atoms with van der Waals surface area (Å²) in [7, 11) is 0. The van der Waals surface area contributed by atoms with Crippen LogP contribution in [0, 0.1) is 5.92 Å². The van der Waals surface area contributed by atoms with Crippen molar-refractivity contribution in [2.75, 3.05) is 36.4 Å². The Labute approximate surface area is 211 Å². The number of nitrogens with zero attached hydrogens (tertiary/aromatic N) is 2. The van der Waals surface area contributed by atoms with E-state index in [9.17, 15) is 13.2 Å². The number of likely N-dealkylation sites (tertiary alicyclic amines) is 1. The van der Waals surface area contributed by atoms with Gasteiger partial charge in [0.1, 0.15) is 0 Å². The minimum Gasteiger partial charge on any atom is -0.382 e. The van der Waals surface area contributed by atoms with Gasteiger partial charge in [-0.3, -0.25) is 0 Å². The largest absolute Gasteiger partial charge is 0.416 e. The molecule has 3 aliphatic heterocycles. The Bertz CT molecular complexity index is 1060. The minimum absolute atomic E-state index is 0.211. The Kier molecular flexibility index (Phi) is 7.01. The lowest BCUT2D eigenvalue weighted by Crippen LogP contribution is -2.39. The maximum atomic E-state index is 13.8. The van der Waals surface area contributed by atoms with Gasteiger partial charge in [-0.25, -0.2) is 0 Å². The van der Waals surface area contributed by atoms with E-state index < -0.39 is 11.7 Å². The third kappa shape index (κ3) is 5.17. The van der Waals surface area contributed by atoms with Crippen LogP contribution in [0.5, 0.6) is 0 Å². The zero-order valence-electron chi connectivity index (χ0n) is 20.9. The molecular formula is C28H36F3N3S. The summed E-state index contributed by atoms with van der Waals surface area (Å²) in [6, 6.07) is 9.94. The third-order valence-corrected chi connectivity index (χ3v) is 9.32. The van der Waals surface area contributed by atoms with Crippen LogP contribution in [0.25, 0.3) is 0 Å². The van der Waals surface area contributed by atoms with Gasteiger partial charge in [-0.05, 0) is 80.5 Å². The van der Waals surface area contributed by atoms with E-state index in [1.165, 1.54) is 41.6 Å². The number of halogens is 3. The van der Waals surface area contributed by atoms with Crippen molar-refractivity contribution in [3.05, 3.63) is 47.0 Å². The fourth-order valence-corrected chi connectivity index (χ4v) is 6.96. The molecule has 2 saturated heterocycles. The topological polar surface area (TPSA) is 18.5 Å². The molecule has 0 aromatic heterocycles. The van der Waals surface area contributed by atoms with Gasteiger partial charge in [0.25, 0.3) is 0 Å². The fraction of sp³-hybridized carbons (Fsp3) is 0.571. The lowest BCUT2D eigenvalue weighted by atomic mass is 9.97. The molecule has 35 heavy (non-hydrogen) atoms. The number of alkyl halides is 3. The van der Waals surface area contributed by atoms with E-state index in [4.69, 9.17) is 0 Å². The van der Waals surface area contributed by atoms with Gasteiger partial charge in [0.2, 0.25) is 0 Å². The van der Waals surface area contributed by atoms with Crippen LogP contribution in [-0.2, 0) is 12.6 Å². The van der Waals surface area contributed by atoms with E-state index in [-0.39, 0.29) is 6.04 Å². The predicted octanol–water partition coefficient (Wildman–Crippen LogP) is 7.28. The zero-order chi connectivity index (χ0) is 24.7. The second-order valence-corrected chi connectivity index (χ2v) is 11.6. The molecule has 0 radical (unpaired) electrons. The molecule has 7 heteroatoms. The van der Waals surface area contributed by atoms with Crippen molar-refractivity contribution in [1.29, 1.82) is 0 Å². The molecule has 3 aliphatic rings. The molecular weight excluding hydrogens is 467 g/mol. The van der Waals surface area contributed by atoms with Gasteiger partial charge in [0, 0.05) is 59.3 Å². The second kappa shape index (κ2) is 9.89. The van der Waals surface area contributed by atoms with Gasteiger partial charge in [-0.15, -0.1) is 0 Å². The second-order valence-electron chi connectivity index (χ2n) is 10.5. The number of fused-ring (bicyclic) bond motifs is 2. The molecule has 2 aromatic rings. The van der Waals surface area contributed by atoms with E-state index in [2.05, 4.69) is 54.1 Å². The summed E-state index contributed by atoms with van der Waals surface area (Å²) in [5, 5.41) is 3.53. The maximum Gasteiger partial charge on any atom is 0.416 e. The predicted molar refractivity (Wildman–Crippen MR) is 139 cm³/mol. The molecule has 2 atom stereocenters. The van der Waals surface area contributed by atoms with Crippen molar-refractivity contribution in [2.24, 2.45) is 5.92 Å². The monoisotopic (exact) mass is 503 g/mol. The summed E-state index contributed by atoms with van der Waals surface area (Å²) in [6.07, 6.45) is 0.538. The molecule has 2 aromatic carbocycles. The summed E-state index contributed by atoms with van der Waals surface area (Å²) in [6.45, 7) is 10.9. The van der Waals surface area contributed by atoms with Crippen LogP contribution in [0.4, 0.5) is 24.5 Å². The van der Waals surface area contributed by atoms with E-state index in [1.807, 2.05) is 0 Å². The number of nitrogens with one attached hydrogen (secondary N) is 1. The van der Waals surface area contributed by atoms with Crippen molar-refractivity contribution in [1.82, 2.24) is 4.90 Å². The molecule has 0 amide bonds. The van der Waals surface area contributed by atoms with Crippen LogP contribution in [0.15, 0.2) is 40.1 Å². The normalized spacial score (nSPS) is 23.3. The van der Waals surface area contributed by atoms with Gasteiger partial charge in [0.15, 0.2) is 0 Å². The highest BCUT2D eigenvalue weighted by molar-refractivity contribution is 7.99. The van der Waals surface area contributed by atoms with E-state index in [1.54, 1.807) is 0 Å². The smallest absolute Gasteiger partial charge is 0.382 e. The molecule has 5 rings (SSSR count). The highest BCUT2D eigenvalue weighted by Gasteiger charge is 2.34. The first-order chi connectivity index (χ1) is 16.7. The molecule has 0 spiro atoms. The van der Waals surface area contributed by atoms with Crippen LogP contribution in [0.2, 0.25) is 0 Å². The van der Waals surface area contributed by atoms with Crippen molar-refractivity contribution >= 4 is 23.1 Å². The van der Waals surface area contributed by atoms with Crippen molar-refractivity contribution < 1.29 is 13.2 Å². The average molecular weight is 504 g/mol. The third-order valence-electron chi connectivity index (χ3n) is 8.13. The van der Waals surface area contributed by atoms with Crippen LogP contribution in [0.3, 0.4) is 0 Å². The summed E-state index contributed by atoms with van der Waals surface area (Å²) in [5.41, 5.74) is 3.49. The van der Waals surface area contributed by atoms with Gasteiger partial charge >= 0.3 is 6.18 Å². The van der Waals surface area contributed by atoms with Gasteiger partial charge in [-0.2, -0.15) is 13.2 Å². The van der Waals surface area contributed by atoms with E-state index in [0.717, 1.165) is 60.8 Å². The summed E-state index contributed by atoms with van der Waals surface area (Å²) < 4.78 is 41.5. The lowest BCUT2D eigenvalue weighted by molar-refractivity contribution is -0.137. The highest BCUT2D eigenvalue weighted by atomic mass is 32.2. The molecule has 0 bridgehead atoms. The van der Waals surface area contributed by atoms with Crippen molar-refractivity contribution in [3.63, 3.8) is 0 Å². The molecule has 3 heterocycles. The standard InChI is InChI=1S/C28H36F3N3S/c1-4-10-33-11-8-22(9-12-33)32-25-15-21(28(29,30)31)16-27-24(25)14-20-5-6-23(17-26(20)35-27)34-13-7-18(2)19(34)3/h5-6,15-19,22,32H,4,7-14H2,1-3H3. The Balaban J connectivity index is 1.42. The zero-order valence-corrected chi connectivity index (χ0v) is 21.7. The average Bonchev–Trinajstić information content (AvgIpc) is 3.16. The fourth-order valence-electron chi connectivity index (χ4n) is 5.78. The molecule has 0 saturated carbocycles. The summed E-state index contributed by atoms with van der Waals surface area (Å²) >= 11 is 1.50. The number of piperidine rings is 1. The molecule has 190 valence electrons. The Hall–Kier alpha value is -1.86. The first-order valence-corrected chi connectivity index (χ1v) is 13.8. The van der Waals surface area contributed by atoms with Crippen molar-refractivity contribution in [3.8, 4) is 0 Å². The minimum atomic E-state index is -4.36.